The number of aryl methyl sites for hydroxylation is 1. The van der Waals surface area contributed by atoms with Gasteiger partial charge in [0.05, 0.1) is 32.4 Å². The predicted molar refractivity (Wildman–Crippen MR) is 109 cm³/mol. The van der Waals surface area contributed by atoms with Crippen molar-refractivity contribution in [1.82, 2.24) is 20.0 Å². The van der Waals surface area contributed by atoms with Gasteiger partial charge in [-0.05, 0) is 18.2 Å². The fraction of sp³-hybridized carbons (Fsp3) is 0.524. The Morgan fingerprint density at radius 3 is 2.73 bits per heavy atom. The van der Waals surface area contributed by atoms with Gasteiger partial charge in [0.1, 0.15) is 29.4 Å². The van der Waals surface area contributed by atoms with Crippen molar-refractivity contribution in [3.63, 3.8) is 0 Å². The van der Waals surface area contributed by atoms with E-state index < -0.39 is 12.2 Å². The zero-order chi connectivity index (χ0) is 21.1. The van der Waals surface area contributed by atoms with E-state index in [0.29, 0.717) is 49.9 Å². The molecule has 1 aromatic carbocycles. The lowest BCUT2D eigenvalue weighted by Crippen LogP contribution is -2.56. The molecule has 1 aromatic heterocycles. The highest BCUT2D eigenvalue weighted by molar-refractivity contribution is 5.92. The van der Waals surface area contributed by atoms with Gasteiger partial charge in [0.15, 0.2) is 0 Å². The summed E-state index contributed by atoms with van der Waals surface area (Å²) in [5, 5.41) is 18.3. The maximum atomic E-state index is 12.8. The third-order valence-electron chi connectivity index (χ3n) is 5.80. The third kappa shape index (κ3) is 4.28. The van der Waals surface area contributed by atoms with E-state index in [9.17, 15) is 9.90 Å². The van der Waals surface area contributed by atoms with E-state index in [2.05, 4.69) is 15.3 Å². The number of benzene rings is 1. The number of hydrogen-bond acceptors (Lipinski definition) is 7. The first-order valence-corrected chi connectivity index (χ1v) is 10.2. The number of morpholine rings is 1. The maximum absolute atomic E-state index is 12.8. The normalized spacial score (nSPS) is 27.0. The van der Waals surface area contributed by atoms with Crippen LogP contribution in [0, 0.1) is 0 Å². The summed E-state index contributed by atoms with van der Waals surface area (Å²) in [7, 11) is 3.33. The van der Waals surface area contributed by atoms with E-state index in [-0.39, 0.29) is 18.0 Å². The lowest BCUT2D eigenvalue weighted by atomic mass is 10.1. The molecule has 2 aliphatic rings. The molecule has 2 N–H and O–H groups in total. The molecule has 0 bridgehead atoms. The van der Waals surface area contributed by atoms with Gasteiger partial charge in [-0.3, -0.25) is 14.4 Å². The van der Waals surface area contributed by atoms with Crippen LogP contribution in [0.2, 0.25) is 0 Å². The van der Waals surface area contributed by atoms with Gasteiger partial charge in [-0.15, -0.1) is 0 Å². The van der Waals surface area contributed by atoms with E-state index in [1.807, 2.05) is 18.2 Å². The van der Waals surface area contributed by atoms with Gasteiger partial charge in [-0.2, -0.15) is 5.10 Å². The Morgan fingerprint density at radius 2 is 2.03 bits per heavy atom. The molecule has 9 nitrogen and oxygen atoms in total. The van der Waals surface area contributed by atoms with Crippen LogP contribution in [0.1, 0.15) is 16.9 Å². The molecule has 1 saturated heterocycles. The Kier molecular flexibility index (Phi) is 6.21. The summed E-state index contributed by atoms with van der Waals surface area (Å²) in [5.74, 6) is 1.09. The second-order valence-corrected chi connectivity index (χ2v) is 7.62. The largest absolute Gasteiger partial charge is 0.497 e. The second kappa shape index (κ2) is 9.03. The second-order valence-electron chi connectivity index (χ2n) is 7.62. The molecule has 1 aliphatic heterocycles. The van der Waals surface area contributed by atoms with Crippen LogP contribution in [0.25, 0.3) is 0 Å². The minimum absolute atomic E-state index is 0.215. The maximum Gasteiger partial charge on any atom is 0.269 e. The summed E-state index contributed by atoms with van der Waals surface area (Å²) >= 11 is 0. The smallest absolute Gasteiger partial charge is 0.269 e. The Morgan fingerprint density at radius 1 is 1.27 bits per heavy atom. The number of ether oxygens (including phenoxy) is 3. The molecule has 162 valence electrons. The molecule has 4 atom stereocenters. The number of hydrogen-bond donors (Lipinski definition) is 2. The number of rotatable bonds is 6. The van der Waals surface area contributed by atoms with Crippen LogP contribution in [0.4, 0.5) is 0 Å². The molecule has 2 heterocycles. The van der Waals surface area contributed by atoms with Crippen LogP contribution in [0.15, 0.2) is 36.5 Å². The number of carbonyl (C=O) groups excluding carboxylic acids is 1. The standard InChI is InChI=1S/C21H28N4O5/c1-24-17(6-7-22-24)21(27)23-16-13-18(30-15-5-3-4-14(12-15)28-2)20(26)19(16)25-8-10-29-11-9-25/h3-7,12,16,18-20,26H,8-11,13H2,1-2H3,(H,23,27)/t16-,18-,19+,20+/m1/s1. The van der Waals surface area contributed by atoms with Crippen LogP contribution >= 0.6 is 0 Å². The molecule has 0 radical (unpaired) electrons. The molecule has 9 heteroatoms. The van der Waals surface area contributed by atoms with Crippen molar-refractivity contribution in [3.05, 3.63) is 42.2 Å². The molecule has 1 amide bonds. The fourth-order valence-electron chi connectivity index (χ4n) is 4.28. The highest BCUT2D eigenvalue weighted by Gasteiger charge is 2.47. The molecule has 30 heavy (non-hydrogen) atoms. The van der Waals surface area contributed by atoms with Crippen molar-refractivity contribution in [2.45, 2.75) is 30.7 Å². The van der Waals surface area contributed by atoms with Crippen LogP contribution in [0.5, 0.6) is 11.5 Å². The molecule has 4 rings (SSSR count). The molecule has 2 fully saturated rings. The zero-order valence-corrected chi connectivity index (χ0v) is 17.2. The van der Waals surface area contributed by atoms with Gasteiger partial charge in [0, 0.05) is 38.8 Å². The lowest BCUT2D eigenvalue weighted by Gasteiger charge is -2.37. The number of amides is 1. The first-order chi connectivity index (χ1) is 14.6. The number of aromatic nitrogens is 2. The Labute approximate surface area is 175 Å². The zero-order valence-electron chi connectivity index (χ0n) is 17.2. The van der Waals surface area contributed by atoms with Crippen molar-refractivity contribution in [1.29, 1.82) is 0 Å². The summed E-state index contributed by atoms with van der Waals surface area (Å²) in [6.45, 7) is 2.61. The monoisotopic (exact) mass is 416 g/mol. The van der Waals surface area contributed by atoms with Gasteiger partial charge in [0.25, 0.3) is 5.91 Å². The number of carbonyl (C=O) groups is 1. The molecule has 0 unspecified atom stereocenters. The van der Waals surface area contributed by atoms with Gasteiger partial charge in [-0.1, -0.05) is 6.07 Å². The van der Waals surface area contributed by atoms with Crippen LogP contribution in [-0.2, 0) is 11.8 Å². The van der Waals surface area contributed by atoms with Crippen LogP contribution < -0.4 is 14.8 Å². The topological polar surface area (TPSA) is 98.1 Å². The lowest BCUT2D eigenvalue weighted by molar-refractivity contribution is -0.0350. The molecule has 1 saturated carbocycles. The highest BCUT2D eigenvalue weighted by Crippen LogP contribution is 2.31. The van der Waals surface area contributed by atoms with Crippen LogP contribution in [0.3, 0.4) is 0 Å². The van der Waals surface area contributed by atoms with E-state index in [0.717, 1.165) is 0 Å². The quantitative estimate of drug-likeness (QED) is 0.705. The summed E-state index contributed by atoms with van der Waals surface area (Å²) in [6.07, 6.45) is 0.865. The van der Waals surface area contributed by atoms with Crippen molar-refractivity contribution < 1.29 is 24.1 Å². The van der Waals surface area contributed by atoms with Gasteiger partial charge in [0.2, 0.25) is 0 Å². The van der Waals surface area contributed by atoms with Crippen molar-refractivity contribution in [3.8, 4) is 11.5 Å². The number of aliphatic hydroxyl groups excluding tert-OH is 1. The van der Waals surface area contributed by atoms with Gasteiger partial charge >= 0.3 is 0 Å². The molecule has 2 aromatic rings. The average Bonchev–Trinajstić information content (AvgIpc) is 3.32. The minimum atomic E-state index is -0.758. The van der Waals surface area contributed by atoms with E-state index in [1.54, 1.807) is 32.5 Å². The van der Waals surface area contributed by atoms with E-state index in [4.69, 9.17) is 14.2 Å². The molecular formula is C21H28N4O5. The third-order valence-corrected chi connectivity index (χ3v) is 5.80. The minimum Gasteiger partial charge on any atom is -0.497 e. The molecule has 0 spiro atoms. The van der Waals surface area contributed by atoms with Crippen molar-refractivity contribution in [2.24, 2.45) is 7.05 Å². The average molecular weight is 416 g/mol. The van der Waals surface area contributed by atoms with E-state index >= 15 is 0 Å². The summed E-state index contributed by atoms with van der Waals surface area (Å²) < 4.78 is 18.4. The van der Waals surface area contributed by atoms with E-state index in [1.165, 1.54) is 4.68 Å². The first kappa shape index (κ1) is 20.6. The van der Waals surface area contributed by atoms with Gasteiger partial charge < -0.3 is 24.6 Å². The number of nitrogens with one attached hydrogen (secondary N) is 1. The molecule has 1 aliphatic carbocycles. The summed E-state index contributed by atoms with van der Waals surface area (Å²) in [5.41, 5.74) is 0.474. The Balaban J connectivity index is 1.53. The number of methoxy groups -OCH3 is 1. The van der Waals surface area contributed by atoms with Crippen molar-refractivity contribution in [2.75, 3.05) is 33.4 Å². The van der Waals surface area contributed by atoms with Crippen LogP contribution in [-0.4, -0.2) is 83.4 Å². The first-order valence-electron chi connectivity index (χ1n) is 10.2. The predicted octanol–water partition coefficient (Wildman–Crippen LogP) is 0.440. The molecular weight excluding hydrogens is 388 g/mol. The highest BCUT2D eigenvalue weighted by atomic mass is 16.5. The Hall–Kier alpha value is -2.62. The SMILES string of the molecule is COc1cccc(O[C@@H]2C[C@@H](NC(=O)c3ccnn3C)[C@H](N3CCOCC3)[C@H]2O)c1. The number of aliphatic hydroxyl groups is 1. The number of nitrogens with zero attached hydrogens (tertiary/aromatic N) is 3. The van der Waals surface area contributed by atoms with Crippen molar-refractivity contribution >= 4 is 5.91 Å². The summed E-state index contributed by atoms with van der Waals surface area (Å²) in [6, 6.07) is 8.45. The van der Waals surface area contributed by atoms with Gasteiger partial charge in [-0.25, -0.2) is 0 Å². The fourth-order valence-corrected chi connectivity index (χ4v) is 4.28. The Bertz CT molecular complexity index is 867. The summed E-state index contributed by atoms with van der Waals surface area (Å²) in [4.78, 5) is 15.0.